The van der Waals surface area contributed by atoms with Crippen molar-refractivity contribution in [1.29, 1.82) is 0 Å². The number of benzene rings is 2. The second kappa shape index (κ2) is 15.1. The molecule has 0 aromatic heterocycles. The number of hydrogen-bond acceptors (Lipinski definition) is 5. The van der Waals surface area contributed by atoms with E-state index in [0.29, 0.717) is 29.9 Å². The van der Waals surface area contributed by atoms with Crippen molar-refractivity contribution in [2.24, 2.45) is 0 Å². The molecule has 2 aromatic carbocycles. The van der Waals surface area contributed by atoms with Crippen molar-refractivity contribution in [3.05, 3.63) is 63.1 Å². The Morgan fingerprint density at radius 2 is 1.62 bits per heavy atom. The van der Waals surface area contributed by atoms with Crippen LogP contribution in [-0.2, 0) is 16.1 Å². The lowest BCUT2D eigenvalue weighted by molar-refractivity contribution is -0.133. The highest BCUT2D eigenvalue weighted by Gasteiger charge is 2.29. The second-order valence-electron chi connectivity index (χ2n) is 10.8. The maximum atomic E-state index is 12.5. The first kappa shape index (κ1) is 30.0. The van der Waals surface area contributed by atoms with Crippen molar-refractivity contribution in [3.63, 3.8) is 0 Å². The Morgan fingerprint density at radius 3 is 2.23 bits per heavy atom. The lowest BCUT2D eigenvalue weighted by Gasteiger charge is -2.43. The van der Waals surface area contributed by atoms with Crippen LogP contribution in [0.15, 0.2) is 46.9 Å². The van der Waals surface area contributed by atoms with Gasteiger partial charge in [0.05, 0.1) is 6.54 Å². The topological polar surface area (TPSA) is 59.1 Å². The Bertz CT molecular complexity index is 1060. The lowest BCUT2D eigenvalue weighted by atomic mass is 10.0. The number of aryl methyl sites for hydroxylation is 1. The molecule has 0 saturated carbocycles. The van der Waals surface area contributed by atoms with Gasteiger partial charge in [0.15, 0.2) is 0 Å². The molecule has 0 unspecified atom stereocenters. The normalized spacial score (nSPS) is 19.4. The molecule has 3 heterocycles. The van der Waals surface area contributed by atoms with E-state index in [1.807, 2.05) is 13.0 Å². The quantitative estimate of drug-likeness (QED) is 0.449. The molecule has 2 amide bonds. The number of likely N-dealkylation sites (tertiary alicyclic amines) is 2. The van der Waals surface area contributed by atoms with Gasteiger partial charge in [0.1, 0.15) is 0 Å². The number of carbonyl (C=O) groups is 2. The predicted molar refractivity (Wildman–Crippen MR) is 162 cm³/mol. The Balaban J connectivity index is 0.000000270. The summed E-state index contributed by atoms with van der Waals surface area (Å²) in [5, 5.41) is 3.17. The van der Waals surface area contributed by atoms with E-state index in [2.05, 4.69) is 65.1 Å². The Hall–Kier alpha value is -1.97. The standard InChI is InChI=1S/C22H33BrN4O.C8H8ClNO/c23-20-5-3-19(4-6-20)17-25-13-15-26(16-14-25)21-7-11-27(12-8-21)22(28)18-24-9-1-2-10-24;1-6-2-3-7(10-5-11)4-8(6)9/h3-6,21H,1-2,7-18H2;2-5H,1H3,(H,10,11). The van der Waals surface area contributed by atoms with Gasteiger partial charge in [-0.3, -0.25) is 24.3 Å². The molecule has 9 heteroatoms. The molecule has 5 rings (SSSR count). The number of anilines is 1. The largest absolute Gasteiger partial charge is 0.341 e. The van der Waals surface area contributed by atoms with Crippen molar-refractivity contribution in [2.45, 2.75) is 45.2 Å². The van der Waals surface area contributed by atoms with Crippen LogP contribution in [-0.4, -0.2) is 96.9 Å². The maximum Gasteiger partial charge on any atom is 0.236 e. The van der Waals surface area contributed by atoms with Gasteiger partial charge in [-0.1, -0.05) is 45.7 Å². The minimum atomic E-state index is 0.347. The van der Waals surface area contributed by atoms with E-state index in [1.165, 1.54) is 18.4 Å². The van der Waals surface area contributed by atoms with E-state index < -0.39 is 0 Å². The third-order valence-electron chi connectivity index (χ3n) is 8.01. The van der Waals surface area contributed by atoms with Crippen molar-refractivity contribution in [3.8, 4) is 0 Å². The van der Waals surface area contributed by atoms with Gasteiger partial charge >= 0.3 is 0 Å². The molecule has 0 aliphatic carbocycles. The van der Waals surface area contributed by atoms with E-state index in [4.69, 9.17) is 11.6 Å². The molecule has 3 aliphatic heterocycles. The molecule has 0 bridgehead atoms. The molecule has 0 radical (unpaired) electrons. The van der Waals surface area contributed by atoms with Crippen molar-refractivity contribution >= 4 is 45.5 Å². The molecular weight excluding hydrogens is 578 g/mol. The molecule has 1 N–H and O–H groups in total. The molecule has 0 atom stereocenters. The summed E-state index contributed by atoms with van der Waals surface area (Å²) >= 11 is 9.30. The molecular formula is C30H41BrClN5O2. The molecule has 39 heavy (non-hydrogen) atoms. The summed E-state index contributed by atoms with van der Waals surface area (Å²) in [6.07, 6.45) is 5.41. The Kier molecular flexibility index (Phi) is 11.6. The third-order valence-corrected chi connectivity index (χ3v) is 8.95. The minimum absolute atomic E-state index is 0.347. The van der Waals surface area contributed by atoms with Crippen LogP contribution in [0, 0.1) is 6.92 Å². The molecule has 3 saturated heterocycles. The average molecular weight is 619 g/mol. The highest BCUT2D eigenvalue weighted by molar-refractivity contribution is 9.10. The molecule has 3 fully saturated rings. The lowest BCUT2D eigenvalue weighted by Crippen LogP contribution is -2.54. The third kappa shape index (κ3) is 9.29. The first-order valence-electron chi connectivity index (χ1n) is 14.1. The number of nitrogens with zero attached hydrogens (tertiary/aromatic N) is 4. The smallest absolute Gasteiger partial charge is 0.236 e. The zero-order valence-corrected chi connectivity index (χ0v) is 25.3. The van der Waals surface area contributed by atoms with Crippen LogP contribution in [0.2, 0.25) is 5.02 Å². The maximum absolute atomic E-state index is 12.5. The number of carbonyl (C=O) groups excluding carboxylic acids is 2. The summed E-state index contributed by atoms with van der Waals surface area (Å²) < 4.78 is 1.14. The number of amides is 2. The van der Waals surface area contributed by atoms with Crippen molar-refractivity contribution in [2.75, 3.05) is 64.2 Å². The van der Waals surface area contributed by atoms with Crippen molar-refractivity contribution in [1.82, 2.24) is 19.6 Å². The van der Waals surface area contributed by atoms with Crippen LogP contribution in [0.3, 0.4) is 0 Å². The first-order valence-corrected chi connectivity index (χ1v) is 15.3. The number of piperidine rings is 1. The van der Waals surface area contributed by atoms with Crippen LogP contribution in [0.1, 0.15) is 36.8 Å². The van der Waals surface area contributed by atoms with E-state index in [-0.39, 0.29) is 0 Å². The molecule has 3 aliphatic rings. The number of halogens is 2. The van der Waals surface area contributed by atoms with Gasteiger partial charge in [-0.2, -0.15) is 0 Å². The van der Waals surface area contributed by atoms with Crippen LogP contribution in [0.25, 0.3) is 0 Å². The highest BCUT2D eigenvalue weighted by Crippen LogP contribution is 2.21. The number of piperazine rings is 1. The van der Waals surface area contributed by atoms with Crippen LogP contribution in [0.4, 0.5) is 5.69 Å². The SMILES string of the molecule is Cc1ccc(NC=O)cc1Cl.O=C(CN1CCCC1)N1CCC(N2CCN(Cc3ccc(Br)cc3)CC2)CC1. The van der Waals surface area contributed by atoms with Gasteiger partial charge in [0.25, 0.3) is 0 Å². The molecule has 2 aromatic rings. The summed E-state index contributed by atoms with van der Waals surface area (Å²) in [5.41, 5.74) is 3.11. The van der Waals surface area contributed by atoms with Gasteiger partial charge in [0, 0.05) is 67.0 Å². The fraction of sp³-hybridized carbons (Fsp3) is 0.533. The molecule has 0 spiro atoms. The predicted octanol–water partition coefficient (Wildman–Crippen LogP) is 4.87. The van der Waals surface area contributed by atoms with Gasteiger partial charge in [0.2, 0.25) is 12.3 Å². The number of hydrogen-bond donors (Lipinski definition) is 1. The zero-order valence-electron chi connectivity index (χ0n) is 23.0. The van der Waals surface area contributed by atoms with Gasteiger partial charge in [-0.25, -0.2) is 0 Å². The summed E-state index contributed by atoms with van der Waals surface area (Å²) in [5.74, 6) is 0.347. The van der Waals surface area contributed by atoms with Gasteiger partial charge in [-0.15, -0.1) is 0 Å². The molecule has 7 nitrogen and oxygen atoms in total. The Morgan fingerprint density at radius 1 is 0.949 bits per heavy atom. The fourth-order valence-corrected chi connectivity index (χ4v) is 6.04. The van der Waals surface area contributed by atoms with Gasteiger partial charge < -0.3 is 10.2 Å². The number of rotatable bonds is 7. The van der Waals surface area contributed by atoms with Crippen LogP contribution >= 0.6 is 27.5 Å². The van der Waals surface area contributed by atoms with E-state index >= 15 is 0 Å². The minimum Gasteiger partial charge on any atom is -0.341 e. The van der Waals surface area contributed by atoms with Crippen molar-refractivity contribution < 1.29 is 9.59 Å². The van der Waals surface area contributed by atoms with Gasteiger partial charge in [-0.05, 0) is 81.1 Å². The Labute approximate surface area is 246 Å². The highest BCUT2D eigenvalue weighted by atomic mass is 79.9. The summed E-state index contributed by atoms with van der Waals surface area (Å²) in [7, 11) is 0. The monoisotopic (exact) mass is 617 g/mol. The van der Waals surface area contributed by atoms with E-state index in [1.54, 1.807) is 12.1 Å². The van der Waals surface area contributed by atoms with E-state index in [9.17, 15) is 9.59 Å². The zero-order chi connectivity index (χ0) is 27.6. The summed E-state index contributed by atoms with van der Waals surface area (Å²) in [6.45, 7) is 12.3. The van der Waals surface area contributed by atoms with E-state index in [0.717, 1.165) is 87.5 Å². The van der Waals surface area contributed by atoms with Crippen LogP contribution < -0.4 is 5.32 Å². The average Bonchev–Trinajstić information content (AvgIpc) is 3.46. The summed E-state index contributed by atoms with van der Waals surface area (Å²) in [6, 6.07) is 14.7. The first-order chi connectivity index (χ1) is 18.9. The second-order valence-corrected chi connectivity index (χ2v) is 12.1. The molecule has 212 valence electrons. The summed E-state index contributed by atoms with van der Waals surface area (Å²) in [4.78, 5) is 32.2. The van der Waals surface area contributed by atoms with Crippen LogP contribution in [0.5, 0.6) is 0 Å². The fourth-order valence-electron chi connectivity index (χ4n) is 5.60. The number of nitrogens with one attached hydrogen (secondary N) is 1.